The van der Waals surface area contributed by atoms with Crippen LogP contribution in [0.5, 0.6) is 0 Å². The Balaban J connectivity index is 2.91. The van der Waals surface area contributed by atoms with Gasteiger partial charge >= 0.3 is 119 Å². The molecule has 0 radical (unpaired) electrons. The first-order valence-electron chi connectivity index (χ1n) is 5.16. The molecule has 0 spiro atoms. The Morgan fingerprint density at radius 2 is 1.94 bits per heavy atom. The van der Waals surface area contributed by atoms with Crippen molar-refractivity contribution in [1.29, 1.82) is 0 Å². The number of carbonyl (C=O) groups is 2. The monoisotopic (exact) mass is 383 g/mol. The number of hydrogen-bond acceptors (Lipinski definition) is 4. The molecule has 0 aromatic heterocycles. The normalized spacial score (nSPS) is 12.3. The molecule has 18 heavy (non-hydrogen) atoms. The molecule has 7 heteroatoms. The van der Waals surface area contributed by atoms with E-state index in [1.165, 1.54) is 6.07 Å². The van der Waals surface area contributed by atoms with E-state index in [9.17, 15) is 13.8 Å². The number of hydrogen-bond donors (Lipinski definition) is 1. The molecule has 1 rings (SSSR count). The van der Waals surface area contributed by atoms with Crippen molar-refractivity contribution in [3.8, 4) is 0 Å². The van der Waals surface area contributed by atoms with Crippen LogP contribution in [-0.4, -0.2) is 18.3 Å². The molecule has 0 fully saturated rings. The van der Waals surface area contributed by atoms with Gasteiger partial charge in [-0.3, -0.25) is 0 Å². The standard InChI is InChI=1S/C11H12IO5S/c1-2-5-10(13)8-6-3-4-7-9(8)11(14)12-17-18(15)16/h3-4,6-7H,2,5H2,1H3,(H,15,16)/q-1. The summed E-state index contributed by atoms with van der Waals surface area (Å²) in [5, 5.41) is 0. The summed E-state index contributed by atoms with van der Waals surface area (Å²) in [6.45, 7) is 1.88. The maximum absolute atomic E-state index is 11.8. The number of rotatable bonds is 7. The molecule has 5 nitrogen and oxygen atoms in total. The molecule has 0 bridgehead atoms. The van der Waals surface area contributed by atoms with Gasteiger partial charge in [-0.1, -0.05) is 0 Å². The van der Waals surface area contributed by atoms with Gasteiger partial charge in [0.2, 0.25) is 0 Å². The molecule has 0 saturated heterocycles. The molecule has 1 unspecified atom stereocenters. The van der Waals surface area contributed by atoms with Crippen LogP contribution in [0.4, 0.5) is 0 Å². The first-order valence-corrected chi connectivity index (χ1v) is 8.15. The van der Waals surface area contributed by atoms with Crippen molar-refractivity contribution in [3.05, 3.63) is 35.4 Å². The summed E-state index contributed by atoms with van der Waals surface area (Å²) in [7, 11) is 0. The summed E-state index contributed by atoms with van der Waals surface area (Å²) in [6, 6.07) is 6.46. The van der Waals surface area contributed by atoms with E-state index in [1.807, 2.05) is 6.92 Å². The number of ketones is 1. The molecule has 1 aromatic rings. The molecule has 1 aromatic carbocycles. The molecule has 0 saturated carbocycles. The van der Waals surface area contributed by atoms with Crippen LogP contribution >= 0.6 is 0 Å². The summed E-state index contributed by atoms with van der Waals surface area (Å²) in [5.74, 6) is -0.101. The summed E-state index contributed by atoms with van der Waals surface area (Å²) in [4.78, 5) is 23.6. The van der Waals surface area contributed by atoms with Crippen LogP contribution in [0.3, 0.4) is 0 Å². The van der Waals surface area contributed by atoms with Crippen LogP contribution in [0, 0.1) is 0 Å². The minimum absolute atomic E-state index is 0.101. The van der Waals surface area contributed by atoms with Crippen LogP contribution < -0.4 is 21.6 Å². The molecule has 0 amide bonds. The van der Waals surface area contributed by atoms with E-state index in [2.05, 4.69) is 2.51 Å². The summed E-state index contributed by atoms with van der Waals surface area (Å²) >= 11 is -3.99. The zero-order chi connectivity index (χ0) is 13.5. The van der Waals surface area contributed by atoms with Gasteiger partial charge in [0.25, 0.3) is 0 Å². The second-order valence-electron chi connectivity index (χ2n) is 3.35. The Kier molecular flexibility index (Phi) is 6.61. The van der Waals surface area contributed by atoms with Gasteiger partial charge in [-0.25, -0.2) is 0 Å². The molecule has 0 aliphatic heterocycles. The average molecular weight is 383 g/mol. The maximum atomic E-state index is 11.8. The van der Waals surface area contributed by atoms with Crippen molar-refractivity contribution in [3.63, 3.8) is 0 Å². The molecule has 0 aliphatic rings. The third-order valence-corrected chi connectivity index (χ3v) is 4.69. The SMILES string of the molecule is CCCC(=O)c1ccccc1C(=O)[I-]OS(=O)O. The molecule has 1 N–H and O–H groups in total. The first kappa shape index (κ1) is 15.4. The topological polar surface area (TPSA) is 80.7 Å². The summed E-state index contributed by atoms with van der Waals surface area (Å²) < 4.78 is 22.9. The van der Waals surface area contributed by atoms with Crippen LogP contribution in [0.1, 0.15) is 40.5 Å². The van der Waals surface area contributed by atoms with Gasteiger partial charge in [-0.05, 0) is 0 Å². The van der Waals surface area contributed by atoms with Crippen molar-refractivity contribution >= 4 is 20.9 Å². The Labute approximate surface area is 118 Å². The van der Waals surface area contributed by atoms with Gasteiger partial charge in [0.15, 0.2) is 0 Å². The van der Waals surface area contributed by atoms with Crippen LogP contribution in [0.2, 0.25) is 0 Å². The van der Waals surface area contributed by atoms with E-state index in [1.54, 1.807) is 18.2 Å². The summed E-state index contributed by atoms with van der Waals surface area (Å²) in [5.41, 5.74) is 0.630. The zero-order valence-corrected chi connectivity index (χ0v) is 12.6. The fourth-order valence-electron chi connectivity index (χ4n) is 1.36. The Morgan fingerprint density at radius 1 is 1.33 bits per heavy atom. The second kappa shape index (κ2) is 7.72. The quantitative estimate of drug-likeness (QED) is 0.282. The van der Waals surface area contributed by atoms with Gasteiger partial charge < -0.3 is 0 Å². The molecule has 1 atom stereocenters. The van der Waals surface area contributed by atoms with Crippen molar-refractivity contribution in [2.75, 3.05) is 0 Å². The van der Waals surface area contributed by atoms with E-state index in [-0.39, 0.29) is 15.1 Å². The summed E-state index contributed by atoms with van der Waals surface area (Å²) in [6.07, 6.45) is 1.07. The predicted molar refractivity (Wildman–Crippen MR) is 61.9 cm³/mol. The van der Waals surface area contributed by atoms with Gasteiger partial charge in [0.05, 0.1) is 0 Å². The zero-order valence-electron chi connectivity index (χ0n) is 9.59. The van der Waals surface area contributed by atoms with Crippen LogP contribution in [-0.2, 0) is 13.9 Å². The van der Waals surface area contributed by atoms with E-state index in [4.69, 9.17) is 4.55 Å². The molecular weight excluding hydrogens is 371 g/mol. The van der Waals surface area contributed by atoms with Crippen molar-refractivity contribution in [2.45, 2.75) is 19.8 Å². The molecular formula is C11H12IO5S-. The number of carbonyl (C=O) groups excluding carboxylic acids is 2. The predicted octanol–water partition coefficient (Wildman–Crippen LogP) is -1.03. The van der Waals surface area contributed by atoms with Gasteiger partial charge in [0, 0.05) is 0 Å². The Morgan fingerprint density at radius 3 is 2.50 bits per heavy atom. The third kappa shape index (κ3) is 4.56. The van der Waals surface area contributed by atoms with Crippen molar-refractivity contribution < 1.29 is 42.5 Å². The van der Waals surface area contributed by atoms with Gasteiger partial charge in [-0.2, -0.15) is 0 Å². The first-order chi connectivity index (χ1) is 8.56. The average Bonchev–Trinajstić information content (AvgIpc) is 2.36. The van der Waals surface area contributed by atoms with Crippen LogP contribution in [0.25, 0.3) is 0 Å². The number of halogens is 1. The van der Waals surface area contributed by atoms with Gasteiger partial charge in [0.1, 0.15) is 0 Å². The number of benzene rings is 1. The second-order valence-corrected chi connectivity index (χ2v) is 6.41. The molecule has 0 aliphatic carbocycles. The molecule has 0 heterocycles. The van der Waals surface area contributed by atoms with Crippen molar-refractivity contribution in [1.82, 2.24) is 0 Å². The van der Waals surface area contributed by atoms with E-state index in [0.29, 0.717) is 18.4 Å². The van der Waals surface area contributed by atoms with E-state index >= 15 is 0 Å². The van der Waals surface area contributed by atoms with E-state index in [0.717, 1.165) is 0 Å². The number of Topliss-reactive ketones (excluding diaryl/α,β-unsaturated/α-hetero) is 1. The Hall–Kier alpha value is -0.640. The van der Waals surface area contributed by atoms with E-state index < -0.39 is 33.0 Å². The Bertz CT molecular complexity index is 474. The van der Waals surface area contributed by atoms with Gasteiger partial charge in [-0.15, -0.1) is 0 Å². The van der Waals surface area contributed by atoms with Crippen molar-refractivity contribution in [2.24, 2.45) is 0 Å². The third-order valence-electron chi connectivity index (χ3n) is 2.07. The van der Waals surface area contributed by atoms with Crippen LogP contribution in [0.15, 0.2) is 24.3 Å². The fourth-order valence-corrected chi connectivity index (χ4v) is 3.13. The molecule has 100 valence electrons. The minimum atomic E-state index is -2.44. The fraction of sp³-hybridized carbons (Fsp3) is 0.273.